The SMILES string of the molecule is CCSCCCS(=O)C(C)CC(=O)O. The van der Waals surface area contributed by atoms with Gasteiger partial charge in [-0.1, -0.05) is 13.8 Å². The van der Waals surface area contributed by atoms with Crippen molar-refractivity contribution in [3.63, 3.8) is 0 Å². The number of carbonyl (C=O) groups is 1. The molecule has 14 heavy (non-hydrogen) atoms. The maximum absolute atomic E-state index is 11.5. The molecule has 0 spiro atoms. The normalized spacial score (nSPS) is 15.0. The van der Waals surface area contributed by atoms with Crippen LogP contribution in [0.3, 0.4) is 0 Å². The van der Waals surface area contributed by atoms with Gasteiger partial charge in [0, 0.05) is 21.8 Å². The quantitative estimate of drug-likeness (QED) is 0.654. The molecular formula is C9H18O3S2. The predicted octanol–water partition coefficient (Wildman–Crippen LogP) is 1.74. The van der Waals surface area contributed by atoms with Gasteiger partial charge in [0.1, 0.15) is 0 Å². The van der Waals surface area contributed by atoms with E-state index in [9.17, 15) is 9.00 Å². The average molecular weight is 238 g/mol. The Balaban J connectivity index is 3.57. The third kappa shape index (κ3) is 7.38. The minimum atomic E-state index is -0.983. The van der Waals surface area contributed by atoms with Crippen molar-refractivity contribution in [1.29, 1.82) is 0 Å². The predicted molar refractivity (Wildman–Crippen MR) is 62.3 cm³/mol. The first kappa shape index (κ1) is 14.0. The summed E-state index contributed by atoms with van der Waals surface area (Å²) in [6.07, 6.45) is 0.919. The van der Waals surface area contributed by atoms with Gasteiger partial charge in [-0.3, -0.25) is 9.00 Å². The Hall–Kier alpha value is -0.0300. The Labute approximate surface area is 92.1 Å². The summed E-state index contributed by atoms with van der Waals surface area (Å²) >= 11 is 1.82. The van der Waals surface area contributed by atoms with E-state index in [0.29, 0.717) is 5.75 Å². The minimum Gasteiger partial charge on any atom is -0.481 e. The molecule has 2 atom stereocenters. The highest BCUT2D eigenvalue weighted by Gasteiger charge is 2.14. The molecule has 0 radical (unpaired) electrons. The molecule has 0 saturated heterocycles. The number of rotatable bonds is 8. The van der Waals surface area contributed by atoms with Gasteiger partial charge in [-0.25, -0.2) is 0 Å². The van der Waals surface area contributed by atoms with Crippen LogP contribution < -0.4 is 0 Å². The van der Waals surface area contributed by atoms with Gasteiger partial charge in [0.25, 0.3) is 0 Å². The molecule has 5 heteroatoms. The average Bonchev–Trinajstić information content (AvgIpc) is 2.11. The first-order chi connectivity index (χ1) is 6.57. The van der Waals surface area contributed by atoms with E-state index in [2.05, 4.69) is 6.92 Å². The van der Waals surface area contributed by atoms with E-state index >= 15 is 0 Å². The Morgan fingerprint density at radius 2 is 2.21 bits per heavy atom. The Kier molecular flexibility index (Phi) is 8.27. The highest BCUT2D eigenvalue weighted by Crippen LogP contribution is 2.06. The molecule has 0 aliphatic heterocycles. The first-order valence-electron chi connectivity index (χ1n) is 4.74. The van der Waals surface area contributed by atoms with Crippen LogP contribution in [0.1, 0.15) is 26.7 Å². The van der Waals surface area contributed by atoms with E-state index in [-0.39, 0.29) is 11.7 Å². The van der Waals surface area contributed by atoms with Crippen LogP contribution in [0.5, 0.6) is 0 Å². The van der Waals surface area contributed by atoms with Gasteiger partial charge < -0.3 is 5.11 Å². The van der Waals surface area contributed by atoms with Gasteiger partial charge in [-0.15, -0.1) is 0 Å². The Bertz CT molecular complexity index is 194. The lowest BCUT2D eigenvalue weighted by Crippen LogP contribution is -2.18. The van der Waals surface area contributed by atoms with Crippen molar-refractivity contribution in [3.05, 3.63) is 0 Å². The summed E-state index contributed by atoms with van der Waals surface area (Å²) in [5.41, 5.74) is 0. The molecule has 84 valence electrons. The largest absolute Gasteiger partial charge is 0.481 e. The fourth-order valence-corrected chi connectivity index (χ4v) is 2.97. The number of aliphatic carboxylic acids is 1. The summed E-state index contributed by atoms with van der Waals surface area (Å²) in [7, 11) is -0.983. The molecule has 0 aliphatic carbocycles. The highest BCUT2D eigenvalue weighted by molar-refractivity contribution is 7.99. The third-order valence-corrected chi connectivity index (χ3v) is 4.49. The summed E-state index contributed by atoms with van der Waals surface area (Å²) < 4.78 is 11.5. The van der Waals surface area contributed by atoms with Crippen LogP contribution in [-0.2, 0) is 15.6 Å². The first-order valence-corrected chi connectivity index (χ1v) is 7.28. The number of thioether (sulfide) groups is 1. The summed E-state index contributed by atoms with van der Waals surface area (Å²) in [5.74, 6) is 1.86. The van der Waals surface area contributed by atoms with E-state index in [1.165, 1.54) is 0 Å². The van der Waals surface area contributed by atoms with Gasteiger partial charge in [-0.05, 0) is 17.9 Å². The molecule has 1 N–H and O–H groups in total. The van der Waals surface area contributed by atoms with E-state index in [1.54, 1.807) is 6.92 Å². The standard InChI is InChI=1S/C9H18O3S2/c1-3-13-5-4-6-14(12)8(2)7-9(10)11/h8H,3-7H2,1-2H3,(H,10,11). The van der Waals surface area contributed by atoms with Crippen LogP contribution in [0.2, 0.25) is 0 Å². The molecule has 0 bridgehead atoms. The van der Waals surface area contributed by atoms with Crippen LogP contribution in [0.4, 0.5) is 0 Å². The van der Waals surface area contributed by atoms with Gasteiger partial charge >= 0.3 is 5.97 Å². The Morgan fingerprint density at radius 3 is 2.71 bits per heavy atom. The van der Waals surface area contributed by atoms with Crippen LogP contribution >= 0.6 is 11.8 Å². The zero-order valence-corrected chi connectivity index (χ0v) is 10.3. The van der Waals surface area contributed by atoms with Crippen LogP contribution in [0, 0.1) is 0 Å². The molecule has 0 aromatic heterocycles. The summed E-state index contributed by atoms with van der Waals surface area (Å²) in [6, 6.07) is 0. The molecule has 0 aliphatic rings. The molecule has 3 nitrogen and oxygen atoms in total. The van der Waals surface area contributed by atoms with Gasteiger partial charge in [-0.2, -0.15) is 11.8 Å². The number of hydrogen-bond donors (Lipinski definition) is 1. The summed E-state index contributed by atoms with van der Waals surface area (Å²) in [5, 5.41) is 8.28. The monoisotopic (exact) mass is 238 g/mol. The van der Waals surface area contributed by atoms with Gasteiger partial charge in [0.05, 0.1) is 6.42 Å². The van der Waals surface area contributed by atoms with Crippen LogP contribution in [-0.4, -0.2) is 37.8 Å². The maximum Gasteiger partial charge on any atom is 0.304 e. The van der Waals surface area contributed by atoms with Crippen molar-refractivity contribution in [1.82, 2.24) is 0 Å². The van der Waals surface area contributed by atoms with Crippen molar-refractivity contribution >= 4 is 28.5 Å². The lowest BCUT2D eigenvalue weighted by atomic mass is 10.3. The van der Waals surface area contributed by atoms with E-state index < -0.39 is 16.8 Å². The van der Waals surface area contributed by atoms with Crippen molar-refractivity contribution in [3.8, 4) is 0 Å². The van der Waals surface area contributed by atoms with E-state index in [1.807, 2.05) is 11.8 Å². The van der Waals surface area contributed by atoms with Gasteiger partial charge in [0.2, 0.25) is 0 Å². The molecule has 0 fully saturated rings. The van der Waals surface area contributed by atoms with E-state index in [4.69, 9.17) is 5.11 Å². The fraction of sp³-hybridized carbons (Fsp3) is 0.889. The third-order valence-electron chi connectivity index (χ3n) is 1.75. The second-order valence-electron chi connectivity index (χ2n) is 3.04. The van der Waals surface area contributed by atoms with Crippen molar-refractivity contribution in [2.24, 2.45) is 0 Å². The molecule has 0 aromatic rings. The summed E-state index contributed by atoms with van der Waals surface area (Å²) in [6.45, 7) is 3.83. The van der Waals surface area contributed by atoms with Crippen molar-refractivity contribution in [2.45, 2.75) is 31.9 Å². The fourth-order valence-electron chi connectivity index (χ4n) is 0.988. The maximum atomic E-state index is 11.5. The molecule has 0 amide bonds. The molecular weight excluding hydrogens is 220 g/mol. The zero-order chi connectivity index (χ0) is 11.0. The number of carboxylic acids is 1. The lowest BCUT2D eigenvalue weighted by molar-refractivity contribution is -0.136. The highest BCUT2D eigenvalue weighted by atomic mass is 32.2. The van der Waals surface area contributed by atoms with Gasteiger partial charge in [0.15, 0.2) is 0 Å². The number of carboxylic acid groups (broad SMARTS) is 1. The second kappa shape index (κ2) is 8.29. The minimum absolute atomic E-state index is 0.00747. The molecule has 0 heterocycles. The zero-order valence-electron chi connectivity index (χ0n) is 8.69. The van der Waals surface area contributed by atoms with E-state index in [0.717, 1.165) is 17.9 Å². The molecule has 0 rings (SSSR count). The number of hydrogen-bond acceptors (Lipinski definition) is 3. The van der Waals surface area contributed by atoms with Crippen LogP contribution in [0.15, 0.2) is 0 Å². The molecule has 2 unspecified atom stereocenters. The summed E-state index contributed by atoms with van der Waals surface area (Å²) in [4.78, 5) is 10.4. The van der Waals surface area contributed by atoms with Crippen molar-refractivity contribution < 1.29 is 14.1 Å². The molecule has 0 saturated carbocycles. The molecule has 0 aromatic carbocycles. The van der Waals surface area contributed by atoms with Crippen LogP contribution in [0.25, 0.3) is 0 Å². The Morgan fingerprint density at radius 1 is 1.57 bits per heavy atom. The lowest BCUT2D eigenvalue weighted by Gasteiger charge is -2.08. The second-order valence-corrected chi connectivity index (χ2v) is 6.41. The smallest absolute Gasteiger partial charge is 0.304 e. The topological polar surface area (TPSA) is 54.4 Å². The van der Waals surface area contributed by atoms with Crippen molar-refractivity contribution in [2.75, 3.05) is 17.3 Å².